The summed E-state index contributed by atoms with van der Waals surface area (Å²) in [4.78, 5) is 41.7. The van der Waals surface area contributed by atoms with Crippen LogP contribution in [0.25, 0.3) is 0 Å². The Kier molecular flexibility index (Phi) is 12.3. The molecule has 43 heavy (non-hydrogen) atoms. The first kappa shape index (κ1) is 31.4. The van der Waals surface area contributed by atoms with Gasteiger partial charge in [-0.2, -0.15) is 0 Å². The topological polar surface area (TPSA) is 78.9 Å². The number of rotatable bonds is 16. The monoisotopic (exact) mass is 594 g/mol. The lowest BCUT2D eigenvalue weighted by atomic mass is 10.1. The first-order valence-electron chi connectivity index (χ1n) is 14.8. The Morgan fingerprint density at radius 1 is 0.419 bits per heavy atom. The molecule has 4 aromatic carbocycles. The predicted octanol–water partition coefficient (Wildman–Crippen LogP) is 8.99. The molecule has 6 nitrogen and oxygen atoms in total. The van der Waals surface area contributed by atoms with Crippen LogP contribution in [0, 0.1) is 0 Å². The molecule has 0 spiro atoms. The fourth-order valence-corrected chi connectivity index (χ4v) is 7.66. The van der Waals surface area contributed by atoms with Crippen LogP contribution in [-0.4, -0.2) is 24.9 Å². The first-order valence-corrected chi connectivity index (χ1v) is 17.0. The van der Waals surface area contributed by atoms with Crippen molar-refractivity contribution < 1.29 is 28.6 Å². The summed E-state index contributed by atoms with van der Waals surface area (Å²) in [5, 5.41) is 0. The van der Waals surface area contributed by atoms with Crippen molar-refractivity contribution in [3.63, 3.8) is 0 Å². The Bertz CT molecular complexity index is 1280. The van der Waals surface area contributed by atoms with Gasteiger partial charge in [0.1, 0.15) is 19.8 Å². The van der Waals surface area contributed by atoms with Crippen molar-refractivity contribution in [3.8, 4) is 0 Å². The lowest BCUT2D eigenvalue weighted by Crippen LogP contribution is -2.60. The lowest BCUT2D eigenvalue weighted by Gasteiger charge is -2.25. The maximum Gasteiger partial charge on any atom is 0.431 e. The van der Waals surface area contributed by atoms with E-state index in [4.69, 9.17) is 14.2 Å². The molecule has 0 saturated carbocycles. The van der Waals surface area contributed by atoms with E-state index in [0.29, 0.717) is 6.42 Å². The summed E-state index contributed by atoms with van der Waals surface area (Å²) in [6.07, 6.45) is 4.07. The van der Waals surface area contributed by atoms with Crippen LogP contribution in [0.5, 0.6) is 0 Å². The van der Waals surface area contributed by atoms with Crippen LogP contribution in [0.1, 0.15) is 47.9 Å². The van der Waals surface area contributed by atoms with Crippen LogP contribution in [0.3, 0.4) is 0 Å². The molecule has 222 valence electrons. The zero-order chi connectivity index (χ0) is 30.2. The van der Waals surface area contributed by atoms with Gasteiger partial charge in [0, 0.05) is 0 Å². The van der Waals surface area contributed by atoms with Crippen molar-refractivity contribution in [2.45, 2.75) is 58.0 Å². The second-order valence-corrected chi connectivity index (χ2v) is 14.0. The van der Waals surface area contributed by atoms with E-state index in [0.717, 1.165) is 42.4 Å². The minimum atomic E-state index is -4.27. The summed E-state index contributed by atoms with van der Waals surface area (Å²) in [6.45, 7) is -0.156. The summed E-state index contributed by atoms with van der Waals surface area (Å²) < 4.78 is 17.1. The highest BCUT2D eigenvalue weighted by Crippen LogP contribution is 2.26. The van der Waals surface area contributed by atoms with Gasteiger partial charge in [-0.05, 0) is 41.1 Å². The number of hydrogen-bond acceptors (Lipinski definition) is 6. The van der Waals surface area contributed by atoms with Crippen LogP contribution < -0.4 is 0 Å². The van der Waals surface area contributed by atoms with Gasteiger partial charge in [0.15, 0.2) is 0 Å². The largest absolute Gasteiger partial charge is 0.464 e. The standard InChI is InChI=1S/C36H38O6Si/c37-34(40-27-31-20-10-4-11-21-31)43(35(38)41-28-32-22-12-5-13-23-32,36(39)42-29-33-24-14-6-15-25-33)26-16-2-1-7-17-30-18-8-3-9-19-30/h3-6,8-15,18-25H,1-2,7,16-17,26-29H2. The average molecular weight is 595 g/mol. The molecule has 0 saturated heterocycles. The molecule has 0 atom stereocenters. The van der Waals surface area contributed by atoms with Crippen LogP contribution >= 0.6 is 0 Å². The van der Waals surface area contributed by atoms with Gasteiger partial charge >= 0.3 is 8.07 Å². The number of carbonyl (C=O) groups is 3. The van der Waals surface area contributed by atoms with Crippen LogP contribution in [-0.2, 0) is 40.5 Å². The van der Waals surface area contributed by atoms with E-state index in [1.54, 1.807) is 0 Å². The van der Waals surface area contributed by atoms with Gasteiger partial charge in [-0.25, -0.2) is 0 Å². The molecule has 0 heterocycles. The summed E-state index contributed by atoms with van der Waals surface area (Å²) in [6, 6.07) is 37.9. The van der Waals surface area contributed by atoms with Crippen molar-refractivity contribution in [3.05, 3.63) is 144 Å². The Hall–Kier alpha value is -4.49. The van der Waals surface area contributed by atoms with E-state index in [1.807, 2.05) is 109 Å². The summed E-state index contributed by atoms with van der Waals surface area (Å²) in [5.41, 5.74) is 1.08. The van der Waals surface area contributed by atoms with E-state index < -0.39 is 24.9 Å². The highest BCUT2D eigenvalue weighted by molar-refractivity contribution is 7.38. The van der Waals surface area contributed by atoms with Gasteiger partial charge < -0.3 is 14.2 Å². The van der Waals surface area contributed by atoms with Crippen LogP contribution in [0.4, 0.5) is 14.4 Å². The van der Waals surface area contributed by atoms with Gasteiger partial charge in [-0.1, -0.05) is 141 Å². The maximum atomic E-state index is 13.9. The van der Waals surface area contributed by atoms with Crippen LogP contribution in [0.15, 0.2) is 121 Å². The Morgan fingerprint density at radius 3 is 1.12 bits per heavy atom. The number of carbonyl (C=O) groups excluding carboxylic acids is 3. The molecule has 0 aliphatic carbocycles. The highest BCUT2D eigenvalue weighted by atomic mass is 28.3. The fourth-order valence-electron chi connectivity index (χ4n) is 4.81. The normalized spacial score (nSPS) is 11.0. The summed E-state index contributed by atoms with van der Waals surface area (Å²) in [7, 11) is -4.27. The molecular formula is C36H38O6Si. The average Bonchev–Trinajstić information content (AvgIpc) is 3.06. The van der Waals surface area contributed by atoms with Crippen molar-refractivity contribution >= 4 is 24.9 Å². The van der Waals surface area contributed by atoms with Gasteiger partial charge in [-0.3, -0.25) is 14.4 Å². The number of unbranched alkanes of at least 4 members (excludes halogenated alkanes) is 3. The van der Waals surface area contributed by atoms with E-state index >= 15 is 0 Å². The molecule has 0 amide bonds. The number of hydrogen-bond donors (Lipinski definition) is 0. The molecule has 0 aliphatic rings. The number of ether oxygens (including phenoxy) is 3. The Balaban J connectivity index is 1.51. The highest BCUT2D eigenvalue weighted by Gasteiger charge is 2.62. The molecule has 4 rings (SSSR count). The number of aryl methyl sites for hydroxylation is 1. The SMILES string of the molecule is O=C(OCc1ccccc1)[Si](CCCCCCc1ccccc1)(C(=O)OCc1ccccc1)C(=O)OCc1ccccc1. The third-order valence-electron chi connectivity index (χ3n) is 7.29. The van der Waals surface area contributed by atoms with E-state index in [9.17, 15) is 14.4 Å². The molecule has 7 heteroatoms. The molecule has 0 fully saturated rings. The van der Waals surface area contributed by atoms with Gasteiger partial charge in [0.25, 0.3) is 16.8 Å². The summed E-state index contributed by atoms with van der Waals surface area (Å²) >= 11 is 0. The molecule has 0 radical (unpaired) electrons. The smallest absolute Gasteiger partial charge is 0.431 e. The zero-order valence-corrected chi connectivity index (χ0v) is 25.4. The molecule has 0 bridgehead atoms. The zero-order valence-electron chi connectivity index (χ0n) is 24.4. The molecular weight excluding hydrogens is 556 g/mol. The van der Waals surface area contributed by atoms with Gasteiger partial charge in [-0.15, -0.1) is 0 Å². The molecule has 0 aliphatic heterocycles. The molecule has 4 aromatic rings. The van der Waals surface area contributed by atoms with Crippen molar-refractivity contribution in [2.24, 2.45) is 0 Å². The second kappa shape index (κ2) is 16.8. The predicted molar refractivity (Wildman–Crippen MR) is 169 cm³/mol. The van der Waals surface area contributed by atoms with E-state index in [1.165, 1.54) is 5.56 Å². The third kappa shape index (κ3) is 9.51. The van der Waals surface area contributed by atoms with E-state index in [-0.39, 0.29) is 25.9 Å². The molecule has 0 unspecified atom stereocenters. The lowest BCUT2D eigenvalue weighted by molar-refractivity contribution is 0.144. The summed E-state index contributed by atoms with van der Waals surface area (Å²) in [5.74, 6) is 0. The Morgan fingerprint density at radius 2 is 0.744 bits per heavy atom. The van der Waals surface area contributed by atoms with E-state index in [2.05, 4.69) is 12.1 Å². The quantitative estimate of drug-likeness (QED) is 0.0732. The van der Waals surface area contributed by atoms with Crippen molar-refractivity contribution in [2.75, 3.05) is 0 Å². The third-order valence-corrected chi connectivity index (χ3v) is 10.9. The maximum absolute atomic E-state index is 13.9. The fraction of sp³-hybridized carbons (Fsp3) is 0.250. The Labute approximate surface area is 254 Å². The van der Waals surface area contributed by atoms with Crippen LogP contribution in [0.2, 0.25) is 6.04 Å². The molecule has 0 aromatic heterocycles. The van der Waals surface area contributed by atoms with Crippen molar-refractivity contribution in [1.82, 2.24) is 0 Å². The van der Waals surface area contributed by atoms with Gasteiger partial charge in [0.05, 0.1) is 0 Å². The van der Waals surface area contributed by atoms with Gasteiger partial charge in [0.2, 0.25) is 0 Å². The first-order chi connectivity index (χ1) is 21.1. The van der Waals surface area contributed by atoms with Crippen molar-refractivity contribution in [1.29, 1.82) is 0 Å². The minimum Gasteiger partial charge on any atom is -0.464 e. The number of benzene rings is 4. The minimum absolute atomic E-state index is 0.0522. The molecule has 0 N–H and O–H groups in total. The second-order valence-electron chi connectivity index (χ2n) is 10.5.